The van der Waals surface area contributed by atoms with Gasteiger partial charge in [0.15, 0.2) is 0 Å². The molecule has 1 aliphatic rings. The number of aliphatic hydroxyl groups is 1. The predicted molar refractivity (Wildman–Crippen MR) is 70.0 cm³/mol. The van der Waals surface area contributed by atoms with E-state index in [1.165, 1.54) is 6.42 Å². The second-order valence-corrected chi connectivity index (χ2v) is 5.89. The highest BCUT2D eigenvalue weighted by Crippen LogP contribution is 2.37. The molecule has 2 atom stereocenters. The first-order valence-corrected chi connectivity index (χ1v) is 6.82. The average molecular weight is 258 g/mol. The van der Waals surface area contributed by atoms with Gasteiger partial charge in [-0.25, -0.2) is 0 Å². The quantitative estimate of drug-likeness (QED) is 0.799. The van der Waals surface area contributed by atoms with E-state index in [2.05, 4.69) is 0 Å². The molecule has 1 aromatic rings. The Morgan fingerprint density at radius 1 is 1.31 bits per heavy atom. The number of halogens is 1. The van der Waals surface area contributed by atoms with Crippen LogP contribution < -0.4 is 5.73 Å². The maximum Gasteiger partial charge on any atom is 0.0662 e. The van der Waals surface area contributed by atoms with Crippen molar-refractivity contribution in [1.82, 2.24) is 0 Å². The molecule has 2 unspecified atom stereocenters. The largest absolute Gasteiger partial charge is 0.399 e. The van der Waals surface area contributed by atoms with Gasteiger partial charge in [-0.15, -0.1) is 11.8 Å². The molecule has 0 bridgehead atoms. The van der Waals surface area contributed by atoms with Crippen LogP contribution in [0, 0.1) is 0 Å². The summed E-state index contributed by atoms with van der Waals surface area (Å²) >= 11 is 7.78. The number of nitrogens with two attached hydrogens (primary N) is 1. The van der Waals surface area contributed by atoms with E-state index < -0.39 is 0 Å². The van der Waals surface area contributed by atoms with Crippen molar-refractivity contribution in [2.24, 2.45) is 0 Å². The summed E-state index contributed by atoms with van der Waals surface area (Å²) in [6, 6.07) is 5.55. The van der Waals surface area contributed by atoms with Gasteiger partial charge in [0.2, 0.25) is 0 Å². The van der Waals surface area contributed by atoms with Crippen LogP contribution >= 0.6 is 23.4 Å². The van der Waals surface area contributed by atoms with Crippen molar-refractivity contribution in [3.8, 4) is 0 Å². The molecule has 2 nitrogen and oxygen atoms in total. The first-order chi connectivity index (χ1) is 7.66. The van der Waals surface area contributed by atoms with Gasteiger partial charge in [-0.3, -0.25) is 0 Å². The number of nitrogen functional groups attached to an aromatic ring is 1. The minimum atomic E-state index is -0.202. The standard InChI is InChI=1S/C12H16ClNOS/c13-9-7-8(14)5-6-11(9)16-12-4-2-1-3-10(12)15/h5-7,10,12,15H,1-4,14H2. The van der Waals surface area contributed by atoms with Crippen LogP contribution in [0.5, 0.6) is 0 Å². The Morgan fingerprint density at radius 2 is 2.06 bits per heavy atom. The number of hydrogen-bond acceptors (Lipinski definition) is 3. The molecule has 0 aromatic heterocycles. The molecule has 1 aromatic carbocycles. The number of rotatable bonds is 2. The molecule has 0 saturated heterocycles. The Kier molecular flexibility index (Phi) is 4.00. The predicted octanol–water partition coefficient (Wildman–Crippen LogP) is 3.32. The van der Waals surface area contributed by atoms with E-state index >= 15 is 0 Å². The highest BCUT2D eigenvalue weighted by molar-refractivity contribution is 8.00. The number of thioether (sulfide) groups is 1. The number of aliphatic hydroxyl groups excluding tert-OH is 1. The lowest BCUT2D eigenvalue weighted by Crippen LogP contribution is -2.26. The van der Waals surface area contributed by atoms with Crippen molar-refractivity contribution in [3.05, 3.63) is 23.2 Å². The molecule has 0 heterocycles. The number of hydrogen-bond donors (Lipinski definition) is 2. The van der Waals surface area contributed by atoms with E-state index in [0.29, 0.717) is 10.7 Å². The first kappa shape index (κ1) is 12.1. The molecule has 0 spiro atoms. The van der Waals surface area contributed by atoms with E-state index in [0.717, 1.165) is 24.2 Å². The molecule has 1 fully saturated rings. The van der Waals surface area contributed by atoms with Crippen molar-refractivity contribution in [1.29, 1.82) is 0 Å². The van der Waals surface area contributed by atoms with Gasteiger partial charge in [0.05, 0.1) is 11.1 Å². The molecule has 2 rings (SSSR count). The third-order valence-corrected chi connectivity index (χ3v) is 4.79. The minimum Gasteiger partial charge on any atom is -0.399 e. The van der Waals surface area contributed by atoms with Gasteiger partial charge in [0, 0.05) is 15.8 Å². The minimum absolute atomic E-state index is 0.202. The molecular formula is C12H16ClNOS. The highest BCUT2D eigenvalue weighted by atomic mass is 35.5. The van der Waals surface area contributed by atoms with Gasteiger partial charge in [0.1, 0.15) is 0 Å². The maximum atomic E-state index is 9.89. The summed E-state index contributed by atoms with van der Waals surface area (Å²) in [6.45, 7) is 0. The molecule has 0 aliphatic heterocycles. The Balaban J connectivity index is 2.07. The summed E-state index contributed by atoms with van der Waals surface area (Å²) in [4.78, 5) is 1.02. The van der Waals surface area contributed by atoms with Crippen molar-refractivity contribution in [2.45, 2.75) is 41.9 Å². The Hall–Kier alpha value is -0.380. The van der Waals surface area contributed by atoms with E-state index in [1.807, 2.05) is 12.1 Å². The summed E-state index contributed by atoms with van der Waals surface area (Å²) in [7, 11) is 0. The second kappa shape index (κ2) is 5.30. The topological polar surface area (TPSA) is 46.2 Å². The Bertz CT molecular complexity index is 372. The molecule has 0 radical (unpaired) electrons. The fourth-order valence-corrected chi connectivity index (χ4v) is 3.54. The summed E-state index contributed by atoms with van der Waals surface area (Å²) in [5.74, 6) is 0. The lowest BCUT2D eigenvalue weighted by atomic mass is 9.97. The van der Waals surface area contributed by atoms with E-state index in [1.54, 1.807) is 17.8 Å². The number of anilines is 1. The lowest BCUT2D eigenvalue weighted by molar-refractivity contribution is 0.137. The second-order valence-electron chi connectivity index (χ2n) is 4.20. The van der Waals surface area contributed by atoms with Crippen LogP contribution in [0.1, 0.15) is 25.7 Å². The fraction of sp³-hybridized carbons (Fsp3) is 0.500. The van der Waals surface area contributed by atoms with Crippen LogP contribution in [0.4, 0.5) is 5.69 Å². The van der Waals surface area contributed by atoms with Crippen molar-refractivity contribution < 1.29 is 5.11 Å². The van der Waals surface area contributed by atoms with Crippen molar-refractivity contribution in [3.63, 3.8) is 0 Å². The molecule has 88 valence electrons. The molecule has 0 amide bonds. The van der Waals surface area contributed by atoms with E-state index in [4.69, 9.17) is 17.3 Å². The molecule has 4 heteroatoms. The summed E-state index contributed by atoms with van der Waals surface area (Å²) < 4.78 is 0. The first-order valence-electron chi connectivity index (χ1n) is 5.56. The lowest BCUT2D eigenvalue weighted by Gasteiger charge is -2.27. The molecule has 1 saturated carbocycles. The summed E-state index contributed by atoms with van der Waals surface area (Å²) in [6.07, 6.45) is 4.10. The maximum absolute atomic E-state index is 9.89. The zero-order chi connectivity index (χ0) is 11.5. The van der Waals surface area contributed by atoms with Gasteiger partial charge >= 0.3 is 0 Å². The van der Waals surface area contributed by atoms with Gasteiger partial charge in [0.25, 0.3) is 0 Å². The van der Waals surface area contributed by atoms with Crippen molar-refractivity contribution in [2.75, 3.05) is 5.73 Å². The van der Waals surface area contributed by atoms with Gasteiger partial charge in [-0.1, -0.05) is 24.4 Å². The Labute approximate surface area is 105 Å². The zero-order valence-electron chi connectivity index (χ0n) is 9.03. The van der Waals surface area contributed by atoms with E-state index in [-0.39, 0.29) is 11.4 Å². The van der Waals surface area contributed by atoms with Crippen LogP contribution in [0.15, 0.2) is 23.1 Å². The molecular weight excluding hydrogens is 242 g/mol. The fourth-order valence-electron chi connectivity index (χ4n) is 1.99. The summed E-state index contributed by atoms with van der Waals surface area (Å²) in [5, 5.41) is 10.8. The smallest absolute Gasteiger partial charge is 0.0662 e. The van der Waals surface area contributed by atoms with Crippen LogP contribution in [0.3, 0.4) is 0 Å². The van der Waals surface area contributed by atoms with E-state index in [9.17, 15) is 5.11 Å². The summed E-state index contributed by atoms with van der Waals surface area (Å²) in [5.41, 5.74) is 6.32. The van der Waals surface area contributed by atoms with Gasteiger partial charge < -0.3 is 10.8 Å². The van der Waals surface area contributed by atoms with Gasteiger partial charge in [-0.05, 0) is 31.0 Å². The van der Waals surface area contributed by atoms with Gasteiger partial charge in [-0.2, -0.15) is 0 Å². The third kappa shape index (κ3) is 2.84. The van der Waals surface area contributed by atoms with Crippen LogP contribution in [0.25, 0.3) is 0 Å². The molecule has 3 N–H and O–H groups in total. The monoisotopic (exact) mass is 257 g/mol. The highest BCUT2D eigenvalue weighted by Gasteiger charge is 2.24. The molecule has 1 aliphatic carbocycles. The normalized spacial score (nSPS) is 25.6. The third-order valence-electron chi connectivity index (χ3n) is 2.90. The SMILES string of the molecule is Nc1ccc(SC2CCCCC2O)c(Cl)c1. The Morgan fingerprint density at radius 3 is 2.75 bits per heavy atom. The average Bonchev–Trinajstić information content (AvgIpc) is 2.25. The van der Waals surface area contributed by atoms with Crippen LogP contribution in [0.2, 0.25) is 5.02 Å². The molecule has 16 heavy (non-hydrogen) atoms. The van der Waals surface area contributed by atoms with Crippen molar-refractivity contribution >= 4 is 29.1 Å². The van der Waals surface area contributed by atoms with Crippen LogP contribution in [-0.4, -0.2) is 16.5 Å². The zero-order valence-corrected chi connectivity index (χ0v) is 10.6. The van der Waals surface area contributed by atoms with Crippen LogP contribution in [-0.2, 0) is 0 Å². The number of benzene rings is 1.